The lowest BCUT2D eigenvalue weighted by molar-refractivity contribution is 0.0706. The van der Waals surface area contributed by atoms with Gasteiger partial charge in [0, 0.05) is 17.7 Å². The molecule has 0 fully saturated rings. The highest BCUT2D eigenvalue weighted by atomic mass is 16.5. The van der Waals surface area contributed by atoms with Gasteiger partial charge < -0.3 is 24.6 Å². The summed E-state index contributed by atoms with van der Waals surface area (Å²) >= 11 is 0. The fraction of sp³-hybridized carbons (Fsp3) is 0.407. The monoisotopic (exact) mass is 479 g/mol. The molecule has 3 N–H and O–H groups in total. The second-order valence-corrected chi connectivity index (χ2v) is 9.18. The molecule has 1 aliphatic heterocycles. The Hall–Kier alpha value is -3.52. The van der Waals surface area contributed by atoms with Gasteiger partial charge in [0.2, 0.25) is 0 Å². The van der Waals surface area contributed by atoms with Crippen LogP contribution in [0.3, 0.4) is 0 Å². The molecule has 186 valence electrons. The summed E-state index contributed by atoms with van der Waals surface area (Å²) in [5.41, 5.74) is 3.85. The van der Waals surface area contributed by atoms with Crippen LogP contribution in [0.1, 0.15) is 60.4 Å². The minimum Gasteiger partial charge on any atom is -0.507 e. The summed E-state index contributed by atoms with van der Waals surface area (Å²) in [5, 5.41) is 27.6. The van der Waals surface area contributed by atoms with Gasteiger partial charge in [-0.15, -0.1) is 0 Å². The predicted molar refractivity (Wildman–Crippen MR) is 133 cm³/mol. The molecular formula is C27H33N3O5. The molecular weight excluding hydrogens is 446 g/mol. The van der Waals surface area contributed by atoms with E-state index in [4.69, 9.17) is 9.47 Å². The normalized spacial score (nSPS) is 15.1. The number of fused-ring (bicyclic) bond motifs is 1. The van der Waals surface area contributed by atoms with Crippen molar-refractivity contribution < 1.29 is 24.5 Å². The van der Waals surface area contributed by atoms with Crippen LogP contribution >= 0.6 is 0 Å². The first-order valence-electron chi connectivity index (χ1n) is 12.0. The number of hydrogen-bond donors (Lipinski definition) is 3. The van der Waals surface area contributed by atoms with Crippen LogP contribution in [0.4, 0.5) is 0 Å². The minimum absolute atomic E-state index is 0.0839. The lowest BCUT2D eigenvalue weighted by Crippen LogP contribution is -2.32. The number of amides is 1. The molecule has 35 heavy (non-hydrogen) atoms. The fourth-order valence-corrected chi connectivity index (χ4v) is 4.41. The summed E-state index contributed by atoms with van der Waals surface area (Å²) in [7, 11) is 0. The van der Waals surface area contributed by atoms with Gasteiger partial charge in [-0.1, -0.05) is 31.5 Å². The van der Waals surface area contributed by atoms with Crippen molar-refractivity contribution >= 4 is 5.91 Å². The van der Waals surface area contributed by atoms with E-state index in [1.807, 2.05) is 44.2 Å². The average molecular weight is 480 g/mol. The van der Waals surface area contributed by atoms with E-state index in [1.165, 1.54) is 0 Å². The van der Waals surface area contributed by atoms with Crippen molar-refractivity contribution in [1.29, 1.82) is 0 Å². The maximum atomic E-state index is 13.3. The zero-order valence-electron chi connectivity index (χ0n) is 20.7. The molecule has 8 nitrogen and oxygen atoms in total. The van der Waals surface area contributed by atoms with Gasteiger partial charge in [-0.05, 0) is 56.0 Å². The van der Waals surface area contributed by atoms with E-state index in [2.05, 4.69) is 24.0 Å². The first kappa shape index (κ1) is 24.6. The van der Waals surface area contributed by atoms with E-state index in [0.717, 1.165) is 17.5 Å². The van der Waals surface area contributed by atoms with E-state index in [0.29, 0.717) is 53.1 Å². The summed E-state index contributed by atoms with van der Waals surface area (Å²) in [5.74, 6) is 1.61. The zero-order chi connectivity index (χ0) is 25.1. The summed E-state index contributed by atoms with van der Waals surface area (Å²) < 4.78 is 11.9. The van der Waals surface area contributed by atoms with Crippen LogP contribution in [0, 0.1) is 12.8 Å². The number of rotatable bonds is 10. The number of aliphatic hydroxyl groups excluding tert-OH is 1. The molecule has 1 aromatic heterocycles. The molecule has 0 saturated heterocycles. The second-order valence-electron chi connectivity index (χ2n) is 9.18. The number of aliphatic hydroxyl groups is 1. The Morgan fingerprint density at radius 2 is 1.94 bits per heavy atom. The fourth-order valence-electron chi connectivity index (χ4n) is 4.41. The van der Waals surface area contributed by atoms with Crippen LogP contribution in [0.2, 0.25) is 0 Å². The van der Waals surface area contributed by atoms with Crippen LogP contribution in [0.25, 0.3) is 11.3 Å². The molecule has 0 saturated carbocycles. The van der Waals surface area contributed by atoms with Gasteiger partial charge >= 0.3 is 0 Å². The van der Waals surface area contributed by atoms with Crippen molar-refractivity contribution in [2.45, 2.75) is 40.2 Å². The molecule has 2 heterocycles. The van der Waals surface area contributed by atoms with Gasteiger partial charge in [0.25, 0.3) is 5.91 Å². The topological polar surface area (TPSA) is 108 Å². The van der Waals surface area contributed by atoms with Crippen LogP contribution in [0.15, 0.2) is 36.4 Å². The number of aromatic amines is 1. The number of hydrogen-bond acceptors (Lipinski definition) is 6. The Morgan fingerprint density at radius 1 is 1.14 bits per heavy atom. The molecule has 4 rings (SSSR count). The minimum atomic E-state index is -0.512. The number of phenolic OH excluding ortho intramolecular Hbond substituents is 1. The van der Waals surface area contributed by atoms with Gasteiger partial charge in [-0.25, -0.2) is 0 Å². The zero-order valence-corrected chi connectivity index (χ0v) is 20.7. The molecule has 1 atom stereocenters. The number of β-amino-alcohol motifs (C(OH)–C–C–N with tert-alkyl or cyclic N) is 1. The second kappa shape index (κ2) is 10.4. The van der Waals surface area contributed by atoms with Crippen LogP contribution < -0.4 is 9.47 Å². The number of carbonyl (C=O) groups excluding carboxylic acids is 1. The summed E-state index contributed by atoms with van der Waals surface area (Å²) in [6.07, 6.45) is 0.927. The highest BCUT2D eigenvalue weighted by Gasteiger charge is 2.42. The summed E-state index contributed by atoms with van der Waals surface area (Å²) in [6, 6.07) is 10.4. The van der Waals surface area contributed by atoms with E-state index >= 15 is 0 Å². The highest BCUT2D eigenvalue weighted by molar-refractivity contribution is 6.00. The largest absolute Gasteiger partial charge is 0.507 e. The number of ether oxygens (including phenoxy) is 2. The van der Waals surface area contributed by atoms with Crippen molar-refractivity contribution in [2.75, 3.05) is 26.4 Å². The van der Waals surface area contributed by atoms with Crippen molar-refractivity contribution in [2.24, 2.45) is 5.92 Å². The Bertz CT molecular complexity index is 1200. The number of aromatic hydroxyl groups is 1. The quantitative estimate of drug-likeness (QED) is 0.396. The molecule has 0 bridgehead atoms. The van der Waals surface area contributed by atoms with Gasteiger partial charge in [0.05, 0.1) is 25.9 Å². The summed E-state index contributed by atoms with van der Waals surface area (Å²) in [6.45, 7) is 9.16. The molecule has 1 aliphatic rings. The number of nitrogens with zero attached hydrogens (tertiary/aromatic N) is 2. The Labute approximate surface area is 205 Å². The van der Waals surface area contributed by atoms with Crippen molar-refractivity contribution in [3.63, 3.8) is 0 Å². The van der Waals surface area contributed by atoms with E-state index < -0.39 is 6.04 Å². The Kier molecular flexibility index (Phi) is 7.31. The third-order valence-electron chi connectivity index (χ3n) is 6.15. The van der Waals surface area contributed by atoms with E-state index in [-0.39, 0.29) is 24.8 Å². The Balaban J connectivity index is 1.80. The summed E-state index contributed by atoms with van der Waals surface area (Å²) in [4.78, 5) is 14.9. The first-order valence-corrected chi connectivity index (χ1v) is 12.0. The number of aryl methyl sites for hydroxylation is 1. The number of aromatic nitrogens is 2. The molecule has 3 aromatic rings. The van der Waals surface area contributed by atoms with Crippen molar-refractivity contribution in [1.82, 2.24) is 15.1 Å². The molecule has 8 heteroatoms. The molecule has 1 amide bonds. The van der Waals surface area contributed by atoms with E-state index in [9.17, 15) is 15.0 Å². The third kappa shape index (κ3) is 4.84. The van der Waals surface area contributed by atoms with Gasteiger partial charge in [-0.2, -0.15) is 5.10 Å². The number of benzene rings is 2. The number of carbonyl (C=O) groups is 1. The van der Waals surface area contributed by atoms with Crippen LogP contribution in [-0.2, 0) is 0 Å². The lowest BCUT2D eigenvalue weighted by Gasteiger charge is -2.26. The van der Waals surface area contributed by atoms with Crippen LogP contribution in [0.5, 0.6) is 17.2 Å². The molecule has 0 aliphatic carbocycles. The van der Waals surface area contributed by atoms with Crippen molar-refractivity contribution in [3.8, 4) is 28.5 Å². The molecule has 0 radical (unpaired) electrons. The first-order chi connectivity index (χ1) is 16.8. The van der Waals surface area contributed by atoms with Gasteiger partial charge in [0.15, 0.2) is 11.5 Å². The Morgan fingerprint density at radius 3 is 2.66 bits per heavy atom. The molecule has 2 aromatic carbocycles. The van der Waals surface area contributed by atoms with E-state index in [1.54, 1.807) is 11.0 Å². The van der Waals surface area contributed by atoms with Gasteiger partial charge in [-0.3, -0.25) is 9.89 Å². The maximum Gasteiger partial charge on any atom is 0.273 e. The third-order valence-corrected chi connectivity index (χ3v) is 6.15. The van der Waals surface area contributed by atoms with Gasteiger partial charge in [0.1, 0.15) is 17.1 Å². The average Bonchev–Trinajstić information content (AvgIpc) is 3.36. The predicted octanol–water partition coefficient (Wildman–Crippen LogP) is 4.45. The van der Waals surface area contributed by atoms with Crippen molar-refractivity contribution in [3.05, 3.63) is 58.8 Å². The standard InChI is InChI=1S/C27H33N3O5/c1-5-34-22-15-18(7-9-21(22)35-13-10-16(2)3)26-23-24(19-14-17(4)6-8-20(19)32)28-29-25(23)27(33)30(26)11-12-31/h6-9,14-16,26,31-32H,5,10-13H2,1-4H3,(H,28,29). The molecule has 1 unspecified atom stereocenters. The lowest BCUT2D eigenvalue weighted by atomic mass is 9.95. The molecule has 0 spiro atoms. The highest BCUT2D eigenvalue weighted by Crippen LogP contribution is 2.46. The van der Waals surface area contributed by atoms with Crippen LogP contribution in [-0.4, -0.2) is 57.6 Å². The smallest absolute Gasteiger partial charge is 0.273 e. The SMILES string of the molecule is CCOc1cc(C2c3c(-c4cc(C)ccc4O)n[nH]c3C(=O)N2CCO)ccc1OCCC(C)C. The number of nitrogens with one attached hydrogen (secondary N) is 1. The maximum absolute atomic E-state index is 13.3. The number of phenols is 1. The number of H-pyrrole nitrogens is 1.